The van der Waals surface area contributed by atoms with Gasteiger partial charge < -0.3 is 20.7 Å². The minimum Gasteiger partial charge on any atom is -0.381 e. The third kappa shape index (κ3) is 3.33. The average Bonchev–Trinajstić information content (AvgIpc) is 2.69. The van der Waals surface area contributed by atoms with Crippen molar-refractivity contribution in [3.63, 3.8) is 0 Å². The van der Waals surface area contributed by atoms with Crippen LogP contribution in [0.4, 0.5) is 4.79 Å². The largest absolute Gasteiger partial charge is 0.381 e. The first-order chi connectivity index (χ1) is 8.16. The van der Waals surface area contributed by atoms with Crippen LogP contribution in [0.1, 0.15) is 26.2 Å². The number of amides is 2. The van der Waals surface area contributed by atoms with Crippen LogP contribution in [-0.2, 0) is 4.74 Å². The van der Waals surface area contributed by atoms with Crippen LogP contribution in [0, 0.1) is 5.92 Å². The predicted octanol–water partition coefficient (Wildman–Crippen LogP) is 0.544. The van der Waals surface area contributed by atoms with Gasteiger partial charge in [0, 0.05) is 32.3 Å². The van der Waals surface area contributed by atoms with Crippen LogP contribution in [0.5, 0.6) is 0 Å². The smallest absolute Gasteiger partial charge is 0.317 e. The van der Waals surface area contributed by atoms with Crippen LogP contribution >= 0.6 is 0 Å². The summed E-state index contributed by atoms with van der Waals surface area (Å²) in [6, 6.07) is 0.534. The lowest BCUT2D eigenvalue weighted by Gasteiger charge is -2.27. The molecule has 0 aliphatic carbocycles. The normalized spacial score (nSPS) is 28.2. The summed E-state index contributed by atoms with van der Waals surface area (Å²) in [6.07, 6.45) is 2.99. The van der Waals surface area contributed by atoms with Gasteiger partial charge in [-0.25, -0.2) is 4.79 Å². The zero-order valence-corrected chi connectivity index (χ0v) is 10.5. The van der Waals surface area contributed by atoms with Crippen LogP contribution in [0.25, 0.3) is 0 Å². The number of nitrogens with two attached hydrogens (primary N) is 1. The molecule has 2 aliphatic heterocycles. The Balaban J connectivity index is 1.81. The Hall–Kier alpha value is -0.810. The van der Waals surface area contributed by atoms with Crippen molar-refractivity contribution in [1.29, 1.82) is 0 Å². The highest BCUT2D eigenvalue weighted by atomic mass is 16.5. The zero-order valence-electron chi connectivity index (χ0n) is 10.5. The van der Waals surface area contributed by atoms with Crippen molar-refractivity contribution in [1.82, 2.24) is 10.2 Å². The van der Waals surface area contributed by atoms with Gasteiger partial charge in [0.1, 0.15) is 0 Å². The molecule has 0 aromatic heterocycles. The number of ether oxygens (including phenoxy) is 1. The molecule has 0 aromatic rings. The van der Waals surface area contributed by atoms with Crippen LogP contribution in [0.15, 0.2) is 0 Å². The van der Waals surface area contributed by atoms with E-state index in [9.17, 15) is 4.79 Å². The van der Waals surface area contributed by atoms with Crippen molar-refractivity contribution >= 4 is 6.03 Å². The van der Waals surface area contributed by atoms with Crippen molar-refractivity contribution in [2.75, 3.05) is 26.3 Å². The van der Waals surface area contributed by atoms with E-state index < -0.39 is 0 Å². The topological polar surface area (TPSA) is 67.6 Å². The van der Waals surface area contributed by atoms with Gasteiger partial charge in [0.25, 0.3) is 0 Å². The van der Waals surface area contributed by atoms with E-state index >= 15 is 0 Å². The molecular formula is C12H23N3O2. The molecule has 2 amide bonds. The predicted molar refractivity (Wildman–Crippen MR) is 65.7 cm³/mol. The molecule has 3 N–H and O–H groups in total. The number of rotatable bonds is 4. The van der Waals surface area contributed by atoms with Gasteiger partial charge in [0.15, 0.2) is 0 Å². The zero-order chi connectivity index (χ0) is 12.3. The van der Waals surface area contributed by atoms with Crippen molar-refractivity contribution in [2.24, 2.45) is 11.7 Å². The first kappa shape index (κ1) is 12.6. The summed E-state index contributed by atoms with van der Waals surface area (Å²) in [4.78, 5) is 13.7. The van der Waals surface area contributed by atoms with Gasteiger partial charge in [-0.2, -0.15) is 0 Å². The Morgan fingerprint density at radius 1 is 1.53 bits per heavy atom. The lowest BCUT2D eigenvalue weighted by atomic mass is 9.92. The van der Waals surface area contributed by atoms with E-state index in [1.807, 2.05) is 11.8 Å². The fraction of sp³-hybridized carbons (Fsp3) is 0.917. The van der Waals surface area contributed by atoms with Crippen molar-refractivity contribution < 1.29 is 9.53 Å². The maximum Gasteiger partial charge on any atom is 0.317 e. The molecule has 2 fully saturated rings. The van der Waals surface area contributed by atoms with Crippen LogP contribution < -0.4 is 11.1 Å². The van der Waals surface area contributed by atoms with Crippen molar-refractivity contribution in [3.8, 4) is 0 Å². The number of hydrogen-bond donors (Lipinski definition) is 2. The molecule has 2 aliphatic rings. The van der Waals surface area contributed by atoms with E-state index in [1.54, 1.807) is 0 Å². The first-order valence-corrected chi connectivity index (χ1v) is 6.55. The Morgan fingerprint density at radius 2 is 2.24 bits per heavy atom. The Kier molecular flexibility index (Phi) is 4.23. The lowest BCUT2D eigenvalue weighted by Crippen LogP contribution is -2.37. The molecule has 98 valence electrons. The minimum absolute atomic E-state index is 0.0714. The molecule has 2 atom stereocenters. The van der Waals surface area contributed by atoms with Crippen LogP contribution in [0.2, 0.25) is 0 Å². The Labute approximate surface area is 103 Å². The van der Waals surface area contributed by atoms with Crippen LogP contribution in [-0.4, -0.2) is 49.3 Å². The van der Waals surface area contributed by atoms with Gasteiger partial charge in [0.05, 0.1) is 6.04 Å². The first-order valence-electron chi connectivity index (χ1n) is 6.55. The summed E-state index contributed by atoms with van der Waals surface area (Å²) >= 11 is 0. The third-order valence-electron chi connectivity index (χ3n) is 3.70. The maximum absolute atomic E-state index is 11.8. The number of carbonyl (C=O) groups is 1. The third-order valence-corrected chi connectivity index (χ3v) is 3.70. The van der Waals surface area contributed by atoms with Gasteiger partial charge in [-0.3, -0.25) is 0 Å². The lowest BCUT2D eigenvalue weighted by molar-refractivity contribution is 0.0566. The minimum atomic E-state index is 0.0714. The summed E-state index contributed by atoms with van der Waals surface area (Å²) in [6.45, 7) is 5.23. The molecule has 0 bridgehead atoms. The summed E-state index contributed by atoms with van der Waals surface area (Å²) in [5.41, 5.74) is 5.72. The molecule has 2 heterocycles. The SMILES string of the molecule is CC(N)CCN1CC(C2CCOCC2)NC1=O. The second-order valence-corrected chi connectivity index (χ2v) is 5.22. The summed E-state index contributed by atoms with van der Waals surface area (Å²) < 4.78 is 5.35. The molecule has 17 heavy (non-hydrogen) atoms. The number of hydrogen-bond acceptors (Lipinski definition) is 3. The van der Waals surface area contributed by atoms with E-state index in [0.29, 0.717) is 12.0 Å². The molecular weight excluding hydrogens is 218 g/mol. The van der Waals surface area contributed by atoms with Crippen molar-refractivity contribution in [3.05, 3.63) is 0 Å². The monoisotopic (exact) mass is 241 g/mol. The van der Waals surface area contributed by atoms with Gasteiger partial charge in [-0.15, -0.1) is 0 Å². The standard InChI is InChI=1S/C12H23N3O2/c1-9(13)2-5-15-8-11(14-12(15)16)10-3-6-17-7-4-10/h9-11H,2-8,13H2,1H3,(H,14,16). The molecule has 5 heteroatoms. The molecule has 2 saturated heterocycles. The van der Waals surface area contributed by atoms with E-state index in [0.717, 1.165) is 45.6 Å². The summed E-state index contributed by atoms with van der Waals surface area (Å²) in [5, 5.41) is 3.09. The fourth-order valence-electron chi connectivity index (χ4n) is 2.55. The van der Waals surface area contributed by atoms with Gasteiger partial charge in [-0.1, -0.05) is 0 Å². The number of urea groups is 1. The van der Waals surface area contributed by atoms with Gasteiger partial charge >= 0.3 is 6.03 Å². The summed E-state index contributed by atoms with van der Waals surface area (Å²) in [5.74, 6) is 0.577. The quantitative estimate of drug-likeness (QED) is 0.755. The highest BCUT2D eigenvalue weighted by Crippen LogP contribution is 2.22. The number of carbonyl (C=O) groups excluding carboxylic acids is 1. The molecule has 0 spiro atoms. The van der Waals surface area contributed by atoms with Crippen LogP contribution in [0.3, 0.4) is 0 Å². The van der Waals surface area contributed by atoms with Crippen molar-refractivity contribution in [2.45, 2.75) is 38.3 Å². The van der Waals surface area contributed by atoms with Gasteiger partial charge in [-0.05, 0) is 32.1 Å². The van der Waals surface area contributed by atoms with E-state index in [1.165, 1.54) is 0 Å². The van der Waals surface area contributed by atoms with E-state index in [4.69, 9.17) is 10.5 Å². The molecule has 0 aromatic carbocycles. The summed E-state index contributed by atoms with van der Waals surface area (Å²) in [7, 11) is 0. The second-order valence-electron chi connectivity index (χ2n) is 5.22. The molecule has 0 saturated carbocycles. The Morgan fingerprint density at radius 3 is 2.88 bits per heavy atom. The molecule has 2 unspecified atom stereocenters. The molecule has 2 rings (SSSR count). The highest BCUT2D eigenvalue weighted by Gasteiger charge is 2.34. The molecule has 5 nitrogen and oxygen atoms in total. The van der Waals surface area contributed by atoms with Gasteiger partial charge in [0.2, 0.25) is 0 Å². The van der Waals surface area contributed by atoms with E-state index in [-0.39, 0.29) is 12.1 Å². The Bertz CT molecular complexity index is 264. The highest BCUT2D eigenvalue weighted by molar-refractivity contribution is 5.76. The molecule has 0 radical (unpaired) electrons. The number of nitrogens with zero attached hydrogens (tertiary/aromatic N) is 1. The number of nitrogens with one attached hydrogen (secondary N) is 1. The maximum atomic E-state index is 11.8. The fourth-order valence-corrected chi connectivity index (χ4v) is 2.55. The average molecular weight is 241 g/mol. The second kappa shape index (κ2) is 5.69. The van der Waals surface area contributed by atoms with E-state index in [2.05, 4.69) is 5.32 Å².